The van der Waals surface area contributed by atoms with Crippen molar-refractivity contribution in [3.05, 3.63) is 47.0 Å². The van der Waals surface area contributed by atoms with E-state index in [1.807, 2.05) is 0 Å². The first-order valence-corrected chi connectivity index (χ1v) is 4.95. The van der Waals surface area contributed by atoms with Crippen LogP contribution in [0, 0.1) is 11.6 Å². The summed E-state index contributed by atoms with van der Waals surface area (Å²) in [6, 6.07) is 1.41. The van der Waals surface area contributed by atoms with Crippen molar-refractivity contribution in [2.45, 2.75) is 18.9 Å². The van der Waals surface area contributed by atoms with E-state index in [1.165, 1.54) is 0 Å². The number of hydrogen-bond acceptors (Lipinski definition) is 1. The lowest BCUT2D eigenvalue weighted by Crippen LogP contribution is -2.13. The van der Waals surface area contributed by atoms with Gasteiger partial charge in [0, 0.05) is 11.6 Å². The van der Waals surface area contributed by atoms with E-state index in [4.69, 9.17) is 17.3 Å². The monoisotopic (exact) mass is 267 g/mol. The summed E-state index contributed by atoms with van der Waals surface area (Å²) in [6.45, 7) is 3.53. The fourth-order valence-corrected chi connectivity index (χ4v) is 1.62. The molecule has 0 saturated carbocycles. The van der Waals surface area contributed by atoms with Crippen molar-refractivity contribution in [2.24, 2.45) is 5.73 Å². The molecule has 0 bridgehead atoms. The van der Waals surface area contributed by atoms with Crippen LogP contribution < -0.4 is 5.73 Å². The number of benzene rings is 1. The van der Waals surface area contributed by atoms with Crippen LogP contribution in [0.5, 0.6) is 0 Å². The van der Waals surface area contributed by atoms with Gasteiger partial charge >= 0.3 is 0 Å². The van der Waals surface area contributed by atoms with E-state index >= 15 is 0 Å². The quantitative estimate of drug-likeness (QED) is 0.648. The fourth-order valence-electron chi connectivity index (χ4n) is 1.32. The second kappa shape index (κ2) is 6.84. The zero-order valence-electron chi connectivity index (χ0n) is 8.55. The zero-order chi connectivity index (χ0) is 11.4. The molecule has 1 rings (SSSR count). The molecule has 0 aliphatic rings. The van der Waals surface area contributed by atoms with Gasteiger partial charge in [-0.05, 0) is 25.0 Å². The molecule has 2 N–H and O–H groups in total. The van der Waals surface area contributed by atoms with Crippen molar-refractivity contribution in [2.75, 3.05) is 0 Å². The highest BCUT2D eigenvalue weighted by molar-refractivity contribution is 6.31. The second-order valence-corrected chi connectivity index (χ2v) is 3.61. The van der Waals surface area contributed by atoms with Crippen molar-refractivity contribution < 1.29 is 8.78 Å². The average Bonchev–Trinajstić information content (AvgIpc) is 2.21. The Hall–Kier alpha value is -0.640. The van der Waals surface area contributed by atoms with Gasteiger partial charge in [0.25, 0.3) is 0 Å². The average molecular weight is 268 g/mol. The molecule has 0 unspecified atom stereocenters. The number of halogens is 4. The first-order valence-electron chi connectivity index (χ1n) is 4.57. The Kier molecular flexibility index (Phi) is 6.56. The molecule has 0 spiro atoms. The van der Waals surface area contributed by atoms with Gasteiger partial charge in [-0.25, -0.2) is 8.78 Å². The third kappa shape index (κ3) is 3.44. The van der Waals surface area contributed by atoms with Gasteiger partial charge < -0.3 is 5.73 Å². The van der Waals surface area contributed by atoms with E-state index in [9.17, 15) is 8.78 Å². The van der Waals surface area contributed by atoms with E-state index in [2.05, 4.69) is 6.58 Å². The molecular weight excluding hydrogens is 255 g/mol. The van der Waals surface area contributed by atoms with Crippen LogP contribution in [0.4, 0.5) is 8.78 Å². The fraction of sp³-hybridized carbons (Fsp3) is 0.273. The molecule has 0 radical (unpaired) electrons. The Morgan fingerprint density at radius 1 is 1.38 bits per heavy atom. The molecule has 5 heteroatoms. The van der Waals surface area contributed by atoms with Crippen molar-refractivity contribution in [1.29, 1.82) is 0 Å². The standard InChI is InChI=1S/C11H12ClF2N.ClH/c1-2-3-4-9(15)10-7(13)5-6-8(14)11(10)12;/h2,5-6,9H,1,3-4,15H2;1H/t9-;/m1./s1. The van der Waals surface area contributed by atoms with E-state index in [0.29, 0.717) is 12.8 Å². The molecule has 16 heavy (non-hydrogen) atoms. The van der Waals surface area contributed by atoms with Gasteiger partial charge in [-0.2, -0.15) is 0 Å². The van der Waals surface area contributed by atoms with Gasteiger partial charge in [0.05, 0.1) is 5.02 Å². The molecule has 0 amide bonds. The highest BCUT2D eigenvalue weighted by Gasteiger charge is 2.17. The Morgan fingerprint density at radius 3 is 2.50 bits per heavy atom. The van der Waals surface area contributed by atoms with E-state index in [1.54, 1.807) is 6.08 Å². The van der Waals surface area contributed by atoms with E-state index < -0.39 is 17.7 Å². The number of hydrogen-bond donors (Lipinski definition) is 1. The molecule has 1 atom stereocenters. The summed E-state index contributed by atoms with van der Waals surface area (Å²) in [4.78, 5) is 0. The van der Waals surface area contributed by atoms with Gasteiger partial charge in [-0.1, -0.05) is 17.7 Å². The molecule has 0 fully saturated rings. The maximum absolute atomic E-state index is 13.4. The van der Waals surface area contributed by atoms with Crippen LogP contribution in [0.25, 0.3) is 0 Å². The summed E-state index contributed by atoms with van der Waals surface area (Å²) >= 11 is 5.65. The summed E-state index contributed by atoms with van der Waals surface area (Å²) in [6.07, 6.45) is 2.79. The minimum Gasteiger partial charge on any atom is -0.324 e. The van der Waals surface area contributed by atoms with Gasteiger partial charge in [0.2, 0.25) is 0 Å². The van der Waals surface area contributed by atoms with Gasteiger partial charge in [-0.15, -0.1) is 19.0 Å². The van der Waals surface area contributed by atoms with Crippen LogP contribution in [0.3, 0.4) is 0 Å². The van der Waals surface area contributed by atoms with E-state index in [-0.39, 0.29) is 23.0 Å². The third-order valence-electron chi connectivity index (χ3n) is 2.13. The normalized spacial score (nSPS) is 11.8. The molecular formula is C11H13Cl2F2N. The minimum atomic E-state index is -0.651. The zero-order valence-corrected chi connectivity index (χ0v) is 10.1. The molecule has 1 nitrogen and oxygen atoms in total. The molecule has 1 aromatic rings. The largest absolute Gasteiger partial charge is 0.324 e. The SMILES string of the molecule is C=CCC[C@@H](N)c1c(F)ccc(F)c1Cl.Cl. The Morgan fingerprint density at radius 2 is 1.94 bits per heavy atom. The third-order valence-corrected chi connectivity index (χ3v) is 2.52. The van der Waals surface area contributed by atoms with Crippen molar-refractivity contribution in [1.82, 2.24) is 0 Å². The van der Waals surface area contributed by atoms with Crippen LogP contribution in [-0.4, -0.2) is 0 Å². The lowest BCUT2D eigenvalue weighted by atomic mass is 10.0. The van der Waals surface area contributed by atoms with Crippen LogP contribution in [0.15, 0.2) is 24.8 Å². The van der Waals surface area contributed by atoms with Crippen LogP contribution in [0.1, 0.15) is 24.4 Å². The summed E-state index contributed by atoms with van der Waals surface area (Å²) < 4.78 is 26.4. The van der Waals surface area contributed by atoms with Gasteiger partial charge in [-0.3, -0.25) is 0 Å². The van der Waals surface area contributed by atoms with Crippen LogP contribution in [0.2, 0.25) is 5.02 Å². The molecule has 1 aromatic carbocycles. The Balaban J connectivity index is 0.00000225. The summed E-state index contributed by atoms with van der Waals surface area (Å²) in [7, 11) is 0. The highest BCUT2D eigenvalue weighted by atomic mass is 35.5. The molecule has 0 aliphatic carbocycles. The number of allylic oxidation sites excluding steroid dienone is 1. The maximum Gasteiger partial charge on any atom is 0.142 e. The molecule has 0 heterocycles. The molecule has 0 saturated heterocycles. The number of nitrogens with two attached hydrogens (primary N) is 1. The first kappa shape index (κ1) is 15.4. The molecule has 0 aromatic heterocycles. The predicted molar refractivity (Wildman–Crippen MR) is 65.0 cm³/mol. The molecule has 90 valence electrons. The second-order valence-electron chi connectivity index (χ2n) is 3.23. The van der Waals surface area contributed by atoms with Crippen molar-refractivity contribution >= 4 is 24.0 Å². The predicted octanol–water partition coefficient (Wildman–Crippen LogP) is 4.01. The van der Waals surface area contributed by atoms with Crippen LogP contribution >= 0.6 is 24.0 Å². The van der Waals surface area contributed by atoms with E-state index in [0.717, 1.165) is 12.1 Å². The summed E-state index contributed by atoms with van der Waals surface area (Å²) in [5, 5.41) is -0.230. The van der Waals surface area contributed by atoms with Crippen molar-refractivity contribution in [3.63, 3.8) is 0 Å². The van der Waals surface area contributed by atoms with Gasteiger partial charge in [0.1, 0.15) is 11.6 Å². The topological polar surface area (TPSA) is 26.0 Å². The first-order chi connectivity index (χ1) is 7.07. The maximum atomic E-state index is 13.4. The van der Waals surface area contributed by atoms with Crippen molar-refractivity contribution in [3.8, 4) is 0 Å². The van der Waals surface area contributed by atoms with Gasteiger partial charge in [0.15, 0.2) is 0 Å². The summed E-state index contributed by atoms with van der Waals surface area (Å²) in [5.41, 5.74) is 5.75. The lowest BCUT2D eigenvalue weighted by molar-refractivity contribution is 0.550. The number of rotatable bonds is 4. The highest BCUT2D eigenvalue weighted by Crippen LogP contribution is 2.29. The Labute approximate surface area is 105 Å². The molecule has 0 aliphatic heterocycles. The van der Waals surface area contributed by atoms with Crippen LogP contribution in [-0.2, 0) is 0 Å². The Bertz CT molecular complexity index is 369. The smallest absolute Gasteiger partial charge is 0.142 e. The lowest BCUT2D eigenvalue weighted by Gasteiger charge is -2.13. The summed E-state index contributed by atoms with van der Waals surface area (Å²) in [5.74, 6) is -1.22. The minimum absolute atomic E-state index is 0.